The van der Waals surface area contributed by atoms with Crippen molar-refractivity contribution in [3.8, 4) is 5.75 Å². The average molecular weight is 383 g/mol. The Kier molecular flexibility index (Phi) is 6.27. The third kappa shape index (κ3) is 4.93. The monoisotopic (exact) mass is 382 g/mol. The molecule has 2 saturated heterocycles. The molecule has 150 valence electrons. The van der Waals surface area contributed by atoms with Gasteiger partial charge in [-0.05, 0) is 62.9 Å². The third-order valence-corrected chi connectivity index (χ3v) is 5.73. The number of carbonyl (C=O) groups is 1. The molecule has 0 saturated carbocycles. The minimum Gasteiger partial charge on any atom is -0.490 e. The fourth-order valence-electron chi connectivity index (χ4n) is 4.14. The normalized spacial score (nSPS) is 18.5. The maximum Gasteiger partial charge on any atom is 0.253 e. The zero-order chi connectivity index (χ0) is 19.2. The number of hydrogen-bond donors (Lipinski definition) is 0. The number of aryl methyl sites for hydroxylation is 1. The van der Waals surface area contributed by atoms with E-state index in [0.717, 1.165) is 82.7 Å². The Morgan fingerprint density at radius 1 is 1.07 bits per heavy atom. The zero-order valence-corrected chi connectivity index (χ0v) is 16.5. The Labute approximate surface area is 167 Å². The highest BCUT2D eigenvalue weighted by molar-refractivity contribution is 5.94. The van der Waals surface area contributed by atoms with Crippen molar-refractivity contribution in [1.29, 1.82) is 0 Å². The first-order chi connectivity index (χ1) is 13.8. The first-order valence-corrected chi connectivity index (χ1v) is 10.5. The van der Waals surface area contributed by atoms with Crippen molar-refractivity contribution in [3.05, 3.63) is 48.3 Å². The molecule has 0 spiro atoms. The summed E-state index contributed by atoms with van der Waals surface area (Å²) in [5, 5.41) is 4.25. The lowest BCUT2D eigenvalue weighted by molar-refractivity contribution is 0.0789. The molecule has 0 N–H and O–H groups in total. The molecule has 0 bridgehead atoms. The topological polar surface area (TPSA) is 50.6 Å². The molecule has 2 aliphatic heterocycles. The second-order valence-corrected chi connectivity index (χ2v) is 7.81. The van der Waals surface area contributed by atoms with Crippen LogP contribution in [0.4, 0.5) is 0 Å². The highest BCUT2D eigenvalue weighted by Gasteiger charge is 2.22. The number of hydrogen-bond acceptors (Lipinski definition) is 4. The molecule has 4 rings (SSSR count). The van der Waals surface area contributed by atoms with Crippen molar-refractivity contribution in [2.75, 3.05) is 32.7 Å². The minimum absolute atomic E-state index is 0.134. The second kappa shape index (κ2) is 9.24. The first kappa shape index (κ1) is 19.0. The molecule has 0 aliphatic carbocycles. The highest BCUT2D eigenvalue weighted by atomic mass is 16.5. The van der Waals surface area contributed by atoms with Gasteiger partial charge < -0.3 is 14.5 Å². The molecule has 6 heteroatoms. The number of rotatable bonds is 7. The molecule has 3 heterocycles. The van der Waals surface area contributed by atoms with Gasteiger partial charge in [0.15, 0.2) is 0 Å². The summed E-state index contributed by atoms with van der Waals surface area (Å²) in [4.78, 5) is 17.0. The molecule has 2 aromatic rings. The van der Waals surface area contributed by atoms with E-state index < -0.39 is 0 Å². The van der Waals surface area contributed by atoms with E-state index in [1.807, 2.05) is 52.3 Å². The van der Waals surface area contributed by atoms with E-state index in [2.05, 4.69) is 10.00 Å². The number of nitrogens with zero attached hydrogens (tertiary/aromatic N) is 4. The summed E-state index contributed by atoms with van der Waals surface area (Å²) < 4.78 is 8.20. The number of carbonyl (C=O) groups excluding carboxylic acids is 1. The van der Waals surface area contributed by atoms with Crippen LogP contribution in [0.5, 0.6) is 5.75 Å². The van der Waals surface area contributed by atoms with Gasteiger partial charge in [0.2, 0.25) is 0 Å². The third-order valence-electron chi connectivity index (χ3n) is 5.73. The maximum atomic E-state index is 12.6. The van der Waals surface area contributed by atoms with E-state index in [0.29, 0.717) is 0 Å². The Bertz CT molecular complexity index is 748. The Hall–Kier alpha value is -2.34. The molecule has 1 aromatic heterocycles. The summed E-state index contributed by atoms with van der Waals surface area (Å²) in [6.07, 6.45) is 9.50. The quantitative estimate of drug-likeness (QED) is 0.739. The summed E-state index contributed by atoms with van der Waals surface area (Å²) in [7, 11) is 0. The van der Waals surface area contributed by atoms with Gasteiger partial charge in [-0.25, -0.2) is 0 Å². The van der Waals surface area contributed by atoms with Gasteiger partial charge in [0, 0.05) is 50.7 Å². The van der Waals surface area contributed by atoms with Gasteiger partial charge in [-0.1, -0.05) is 6.07 Å². The van der Waals surface area contributed by atoms with Gasteiger partial charge >= 0.3 is 0 Å². The van der Waals surface area contributed by atoms with E-state index >= 15 is 0 Å². The van der Waals surface area contributed by atoms with Crippen LogP contribution in [0.15, 0.2) is 42.7 Å². The predicted octanol–water partition coefficient (Wildman–Crippen LogP) is 3.05. The minimum atomic E-state index is 0.134. The van der Waals surface area contributed by atoms with Gasteiger partial charge in [0.05, 0.1) is 0 Å². The van der Waals surface area contributed by atoms with Crippen LogP contribution in [0, 0.1) is 0 Å². The number of amides is 1. The summed E-state index contributed by atoms with van der Waals surface area (Å²) in [5.74, 6) is 0.956. The number of likely N-dealkylation sites (tertiary alicyclic amines) is 2. The molecule has 1 amide bonds. The van der Waals surface area contributed by atoms with E-state index in [1.54, 1.807) is 0 Å². The van der Waals surface area contributed by atoms with Gasteiger partial charge in [-0.2, -0.15) is 5.10 Å². The van der Waals surface area contributed by atoms with Gasteiger partial charge in [-0.15, -0.1) is 0 Å². The van der Waals surface area contributed by atoms with Crippen molar-refractivity contribution in [2.45, 2.75) is 44.8 Å². The number of piperidine rings is 1. The SMILES string of the molecule is O=C(c1cccc(OC2CCN(CCCn3cccn3)CC2)c1)N1CCCC1. The molecule has 0 unspecified atom stereocenters. The first-order valence-electron chi connectivity index (χ1n) is 10.5. The maximum absolute atomic E-state index is 12.6. The molecule has 0 radical (unpaired) electrons. The molecule has 1 aromatic carbocycles. The highest BCUT2D eigenvalue weighted by Crippen LogP contribution is 2.22. The van der Waals surface area contributed by atoms with Crippen LogP contribution in [-0.2, 0) is 6.54 Å². The zero-order valence-electron chi connectivity index (χ0n) is 16.5. The van der Waals surface area contributed by atoms with Crippen LogP contribution < -0.4 is 4.74 Å². The second-order valence-electron chi connectivity index (χ2n) is 7.81. The lowest BCUT2D eigenvalue weighted by atomic mass is 10.1. The van der Waals surface area contributed by atoms with Crippen molar-refractivity contribution in [1.82, 2.24) is 19.6 Å². The van der Waals surface area contributed by atoms with Crippen molar-refractivity contribution in [2.24, 2.45) is 0 Å². The van der Waals surface area contributed by atoms with Gasteiger partial charge in [0.1, 0.15) is 11.9 Å². The average Bonchev–Trinajstić information content (AvgIpc) is 3.43. The molecule has 2 aliphatic rings. The molecule has 6 nitrogen and oxygen atoms in total. The summed E-state index contributed by atoms with van der Waals surface area (Å²) in [6, 6.07) is 9.68. The largest absolute Gasteiger partial charge is 0.490 e. The molecule has 0 atom stereocenters. The standard InChI is InChI=1S/C22H30N4O2/c27-22(25-12-1-2-13-25)19-6-3-7-21(18-19)28-20-8-16-24(17-9-20)11-5-15-26-14-4-10-23-26/h3-4,6-7,10,14,18,20H,1-2,5,8-9,11-13,15-17H2. The van der Waals surface area contributed by atoms with E-state index in [-0.39, 0.29) is 12.0 Å². The van der Waals surface area contributed by atoms with E-state index in [9.17, 15) is 4.79 Å². The summed E-state index contributed by atoms with van der Waals surface area (Å²) in [6.45, 7) is 5.96. The van der Waals surface area contributed by atoms with Crippen molar-refractivity contribution in [3.63, 3.8) is 0 Å². The van der Waals surface area contributed by atoms with Crippen LogP contribution in [-0.4, -0.2) is 64.3 Å². The predicted molar refractivity (Wildman–Crippen MR) is 109 cm³/mol. The summed E-state index contributed by atoms with van der Waals surface area (Å²) >= 11 is 0. The molecular weight excluding hydrogens is 352 g/mol. The van der Waals surface area contributed by atoms with Crippen LogP contribution in [0.2, 0.25) is 0 Å². The fraction of sp³-hybridized carbons (Fsp3) is 0.545. The molecule has 2 fully saturated rings. The van der Waals surface area contributed by atoms with E-state index in [4.69, 9.17) is 4.74 Å². The Morgan fingerprint density at radius 2 is 1.89 bits per heavy atom. The fourth-order valence-corrected chi connectivity index (χ4v) is 4.14. The van der Waals surface area contributed by atoms with Crippen molar-refractivity contribution < 1.29 is 9.53 Å². The number of ether oxygens (including phenoxy) is 1. The summed E-state index contributed by atoms with van der Waals surface area (Å²) in [5.41, 5.74) is 0.746. The lowest BCUT2D eigenvalue weighted by Gasteiger charge is -2.32. The smallest absolute Gasteiger partial charge is 0.253 e. The van der Waals surface area contributed by atoms with Crippen LogP contribution in [0.3, 0.4) is 0 Å². The van der Waals surface area contributed by atoms with E-state index in [1.165, 1.54) is 0 Å². The van der Waals surface area contributed by atoms with Crippen LogP contribution in [0.1, 0.15) is 42.5 Å². The van der Waals surface area contributed by atoms with Crippen LogP contribution >= 0.6 is 0 Å². The lowest BCUT2D eigenvalue weighted by Crippen LogP contribution is -2.39. The van der Waals surface area contributed by atoms with Gasteiger partial charge in [0.25, 0.3) is 5.91 Å². The Morgan fingerprint density at radius 3 is 2.64 bits per heavy atom. The number of aromatic nitrogens is 2. The number of benzene rings is 1. The molecule has 28 heavy (non-hydrogen) atoms. The molecular formula is C22H30N4O2. The van der Waals surface area contributed by atoms with Crippen molar-refractivity contribution >= 4 is 5.91 Å². The Balaban J connectivity index is 1.22. The van der Waals surface area contributed by atoms with Gasteiger partial charge in [-0.3, -0.25) is 9.48 Å². The van der Waals surface area contributed by atoms with Crippen LogP contribution in [0.25, 0.3) is 0 Å².